The first kappa shape index (κ1) is 17.4. The van der Waals surface area contributed by atoms with E-state index in [2.05, 4.69) is 36.4 Å². The van der Waals surface area contributed by atoms with Crippen LogP contribution in [0.3, 0.4) is 0 Å². The molecule has 1 amide bonds. The minimum atomic E-state index is -0.108. The summed E-state index contributed by atoms with van der Waals surface area (Å²) in [6.07, 6.45) is 0.172. The van der Waals surface area contributed by atoms with E-state index in [1.807, 2.05) is 19.9 Å². The maximum atomic E-state index is 12.2. The van der Waals surface area contributed by atoms with Gasteiger partial charge in [0.05, 0.1) is 12.7 Å². The number of nitrogens with zero attached hydrogens (tertiary/aromatic N) is 1. The first-order valence-corrected chi connectivity index (χ1v) is 7.34. The van der Waals surface area contributed by atoms with E-state index in [4.69, 9.17) is 4.74 Å². The Morgan fingerprint density at radius 2 is 2.00 bits per heavy atom. The van der Waals surface area contributed by atoms with Crippen LogP contribution in [0.1, 0.15) is 50.7 Å². The van der Waals surface area contributed by atoms with E-state index in [9.17, 15) is 4.79 Å². The Bertz CT molecular complexity index is 479. The van der Waals surface area contributed by atoms with Crippen LogP contribution in [0.15, 0.2) is 12.1 Å². The predicted octanol–water partition coefficient (Wildman–Crippen LogP) is 2.58. The highest BCUT2D eigenvalue weighted by Gasteiger charge is 2.19. The molecule has 118 valence electrons. The van der Waals surface area contributed by atoms with E-state index >= 15 is 0 Å². The van der Waals surface area contributed by atoms with Gasteiger partial charge in [-0.2, -0.15) is 0 Å². The lowest BCUT2D eigenvalue weighted by Gasteiger charge is -2.19. The quantitative estimate of drug-likeness (QED) is 0.791. The molecule has 0 saturated carbocycles. The van der Waals surface area contributed by atoms with Crippen molar-refractivity contribution in [1.29, 1.82) is 0 Å². The molecule has 0 unspecified atom stereocenters. The first-order valence-electron chi connectivity index (χ1n) is 7.34. The Labute approximate surface area is 127 Å². The maximum Gasteiger partial charge on any atom is 0.251 e. The molecule has 0 radical (unpaired) electrons. The molecule has 5 nitrogen and oxygen atoms in total. The molecule has 2 N–H and O–H groups in total. The van der Waals surface area contributed by atoms with E-state index in [0.717, 1.165) is 5.69 Å². The normalized spacial score (nSPS) is 11.6. The highest BCUT2D eigenvalue weighted by molar-refractivity contribution is 5.95. The lowest BCUT2D eigenvalue weighted by atomic mass is 9.90. The second kappa shape index (κ2) is 7.41. The molecular formula is C16H27N3O2. The Morgan fingerprint density at radius 1 is 1.33 bits per heavy atom. The molecule has 0 aliphatic carbocycles. The van der Waals surface area contributed by atoms with Gasteiger partial charge in [0.1, 0.15) is 5.82 Å². The fourth-order valence-electron chi connectivity index (χ4n) is 1.74. The van der Waals surface area contributed by atoms with Crippen molar-refractivity contribution in [3.05, 3.63) is 23.4 Å². The Hall–Kier alpha value is -1.62. The molecule has 21 heavy (non-hydrogen) atoms. The van der Waals surface area contributed by atoms with Crippen molar-refractivity contribution < 1.29 is 9.53 Å². The summed E-state index contributed by atoms with van der Waals surface area (Å²) in [6.45, 7) is 11.2. The third-order valence-electron chi connectivity index (χ3n) is 2.95. The van der Waals surface area contributed by atoms with E-state index in [-0.39, 0.29) is 17.4 Å². The van der Waals surface area contributed by atoms with Crippen LogP contribution in [0, 0.1) is 0 Å². The second-order valence-corrected chi connectivity index (χ2v) is 6.30. The van der Waals surface area contributed by atoms with Crippen molar-refractivity contribution in [2.24, 2.45) is 0 Å². The number of nitrogens with one attached hydrogen (secondary N) is 2. The summed E-state index contributed by atoms with van der Waals surface area (Å²) < 4.78 is 5.41. The minimum absolute atomic E-state index is 0.105. The summed E-state index contributed by atoms with van der Waals surface area (Å²) in [4.78, 5) is 16.7. The molecule has 0 atom stereocenters. The van der Waals surface area contributed by atoms with E-state index in [1.54, 1.807) is 13.1 Å². The molecule has 0 aromatic carbocycles. The topological polar surface area (TPSA) is 63.2 Å². The monoisotopic (exact) mass is 293 g/mol. The zero-order valence-corrected chi connectivity index (χ0v) is 13.9. The standard InChI is InChI=1S/C16H27N3O2/c1-11(2)21-8-7-18-15(20)12-9-13(16(3,4)5)19-14(10-12)17-6/h9-11H,7-8H2,1-6H3,(H,17,19)(H,18,20). The third-order valence-corrected chi connectivity index (χ3v) is 2.95. The van der Waals surface area contributed by atoms with Crippen LogP contribution in [-0.2, 0) is 10.2 Å². The van der Waals surface area contributed by atoms with Gasteiger partial charge in [0.25, 0.3) is 5.91 Å². The number of amides is 1. The summed E-state index contributed by atoms with van der Waals surface area (Å²) >= 11 is 0. The summed E-state index contributed by atoms with van der Waals surface area (Å²) in [5.41, 5.74) is 1.39. The van der Waals surface area contributed by atoms with E-state index in [1.165, 1.54) is 0 Å². The first-order chi connectivity index (χ1) is 9.74. The fraction of sp³-hybridized carbons (Fsp3) is 0.625. The van der Waals surface area contributed by atoms with Gasteiger partial charge in [-0.3, -0.25) is 4.79 Å². The summed E-state index contributed by atoms with van der Waals surface area (Å²) in [6, 6.07) is 3.60. The van der Waals surface area contributed by atoms with Crippen LogP contribution in [-0.4, -0.2) is 37.2 Å². The molecule has 1 rings (SSSR count). The molecule has 0 spiro atoms. The van der Waals surface area contributed by atoms with E-state index < -0.39 is 0 Å². The summed E-state index contributed by atoms with van der Waals surface area (Å²) in [7, 11) is 1.80. The number of hydrogen-bond donors (Lipinski definition) is 2. The van der Waals surface area contributed by atoms with Crippen LogP contribution in [0.2, 0.25) is 0 Å². The van der Waals surface area contributed by atoms with Gasteiger partial charge in [0.2, 0.25) is 0 Å². The van der Waals surface area contributed by atoms with Gasteiger partial charge in [-0.25, -0.2) is 4.98 Å². The number of rotatable bonds is 6. The van der Waals surface area contributed by atoms with Crippen molar-refractivity contribution in [1.82, 2.24) is 10.3 Å². The molecular weight excluding hydrogens is 266 g/mol. The molecule has 1 aromatic rings. The lowest BCUT2D eigenvalue weighted by molar-refractivity contribution is 0.0746. The van der Waals surface area contributed by atoms with Gasteiger partial charge in [-0.15, -0.1) is 0 Å². The van der Waals surface area contributed by atoms with Crippen LogP contribution < -0.4 is 10.6 Å². The van der Waals surface area contributed by atoms with Gasteiger partial charge in [-0.1, -0.05) is 20.8 Å². The number of aromatic nitrogens is 1. The average molecular weight is 293 g/mol. The Morgan fingerprint density at radius 3 is 2.52 bits per heavy atom. The number of hydrogen-bond acceptors (Lipinski definition) is 4. The highest BCUT2D eigenvalue weighted by Crippen LogP contribution is 2.23. The van der Waals surface area contributed by atoms with Crippen LogP contribution in [0.5, 0.6) is 0 Å². The van der Waals surface area contributed by atoms with Crippen molar-refractivity contribution in [2.45, 2.75) is 46.1 Å². The van der Waals surface area contributed by atoms with Crippen molar-refractivity contribution >= 4 is 11.7 Å². The zero-order valence-electron chi connectivity index (χ0n) is 13.9. The fourth-order valence-corrected chi connectivity index (χ4v) is 1.74. The van der Waals surface area contributed by atoms with Gasteiger partial charge in [0, 0.05) is 30.3 Å². The largest absolute Gasteiger partial charge is 0.377 e. The van der Waals surface area contributed by atoms with Gasteiger partial charge < -0.3 is 15.4 Å². The van der Waals surface area contributed by atoms with Crippen LogP contribution in [0.25, 0.3) is 0 Å². The number of ether oxygens (including phenoxy) is 1. The van der Waals surface area contributed by atoms with E-state index in [0.29, 0.717) is 24.5 Å². The predicted molar refractivity (Wildman–Crippen MR) is 85.9 cm³/mol. The molecule has 0 fully saturated rings. The molecule has 1 aromatic heterocycles. The lowest BCUT2D eigenvalue weighted by Crippen LogP contribution is -2.28. The maximum absolute atomic E-state index is 12.2. The smallest absolute Gasteiger partial charge is 0.251 e. The molecule has 0 aliphatic rings. The minimum Gasteiger partial charge on any atom is -0.377 e. The second-order valence-electron chi connectivity index (χ2n) is 6.30. The molecule has 0 saturated heterocycles. The zero-order chi connectivity index (χ0) is 16.0. The number of carbonyl (C=O) groups excluding carboxylic acids is 1. The molecule has 5 heteroatoms. The average Bonchev–Trinajstić information content (AvgIpc) is 2.41. The van der Waals surface area contributed by atoms with Crippen LogP contribution >= 0.6 is 0 Å². The summed E-state index contributed by atoms with van der Waals surface area (Å²) in [5, 5.41) is 5.87. The Kier molecular flexibility index (Phi) is 6.15. The third kappa shape index (κ3) is 5.71. The summed E-state index contributed by atoms with van der Waals surface area (Å²) in [5.74, 6) is 0.595. The van der Waals surface area contributed by atoms with Crippen molar-refractivity contribution in [3.63, 3.8) is 0 Å². The molecule has 0 aliphatic heterocycles. The van der Waals surface area contributed by atoms with Crippen LogP contribution in [0.4, 0.5) is 5.82 Å². The molecule has 0 bridgehead atoms. The van der Waals surface area contributed by atoms with Crippen molar-refractivity contribution in [3.8, 4) is 0 Å². The number of carbonyl (C=O) groups is 1. The van der Waals surface area contributed by atoms with Gasteiger partial charge in [-0.05, 0) is 26.0 Å². The van der Waals surface area contributed by atoms with Gasteiger partial charge >= 0.3 is 0 Å². The molecule has 1 heterocycles. The number of pyridine rings is 1. The number of anilines is 1. The van der Waals surface area contributed by atoms with Crippen molar-refractivity contribution in [2.75, 3.05) is 25.5 Å². The Balaban J connectivity index is 2.79. The highest BCUT2D eigenvalue weighted by atomic mass is 16.5. The van der Waals surface area contributed by atoms with Gasteiger partial charge in [0.15, 0.2) is 0 Å². The SMILES string of the molecule is CNc1cc(C(=O)NCCOC(C)C)cc(C(C)(C)C)n1.